The molecule has 2 aromatic rings. The monoisotopic (exact) mass is 456 g/mol. The van der Waals surface area contributed by atoms with E-state index < -0.39 is 37.3 Å². The molecule has 0 saturated carbocycles. The van der Waals surface area contributed by atoms with Gasteiger partial charge < -0.3 is 34.3 Å². The van der Waals surface area contributed by atoms with Crippen molar-refractivity contribution in [3.8, 4) is 11.5 Å². The second kappa shape index (κ2) is 12.2. The highest BCUT2D eigenvalue weighted by atomic mass is 16.7. The molecule has 9 nitrogen and oxygen atoms in total. The lowest BCUT2D eigenvalue weighted by molar-refractivity contribution is -0.285. The first-order valence-electron chi connectivity index (χ1n) is 10.4. The van der Waals surface area contributed by atoms with E-state index in [0.29, 0.717) is 23.7 Å². The number of benzene rings is 2. The van der Waals surface area contributed by atoms with Gasteiger partial charge in [0, 0.05) is 0 Å². The molecule has 176 valence electrons. The van der Waals surface area contributed by atoms with Crippen LogP contribution in [0, 0.1) is 0 Å². The highest BCUT2D eigenvalue weighted by Gasteiger charge is 2.46. The molecule has 0 aliphatic carbocycles. The summed E-state index contributed by atoms with van der Waals surface area (Å²) in [5.74, 6) is 1.15. The largest absolute Gasteiger partial charge is 0.490 e. The fourth-order valence-electron chi connectivity index (χ4n) is 3.11. The van der Waals surface area contributed by atoms with Crippen molar-refractivity contribution in [1.29, 1.82) is 0 Å². The average Bonchev–Trinajstić information content (AvgIpc) is 2.84. The van der Waals surface area contributed by atoms with Crippen molar-refractivity contribution in [2.24, 2.45) is 10.2 Å². The number of ether oxygens (including phenoxy) is 4. The van der Waals surface area contributed by atoms with E-state index in [2.05, 4.69) is 23.4 Å². The summed E-state index contributed by atoms with van der Waals surface area (Å²) in [4.78, 5) is 0. The van der Waals surface area contributed by atoms with E-state index in [0.717, 1.165) is 5.75 Å². The predicted molar refractivity (Wildman–Crippen MR) is 121 cm³/mol. The maximum atomic E-state index is 10.4. The van der Waals surface area contributed by atoms with Gasteiger partial charge in [-0.15, -0.1) is 6.58 Å². The van der Waals surface area contributed by atoms with E-state index in [1.165, 1.54) is 6.08 Å². The maximum Gasteiger partial charge on any atom is 0.229 e. The molecule has 0 bridgehead atoms. The average molecular weight is 456 g/mol. The lowest BCUT2D eigenvalue weighted by Gasteiger charge is -2.41. The van der Waals surface area contributed by atoms with Gasteiger partial charge in [-0.1, -0.05) is 18.7 Å². The van der Waals surface area contributed by atoms with Crippen LogP contribution < -0.4 is 9.47 Å². The van der Waals surface area contributed by atoms with Crippen molar-refractivity contribution in [3.63, 3.8) is 0 Å². The number of rotatable bonds is 11. The van der Waals surface area contributed by atoms with Crippen molar-refractivity contribution in [2.45, 2.75) is 30.7 Å². The third-order valence-electron chi connectivity index (χ3n) is 4.81. The molecule has 1 aliphatic heterocycles. The number of hydrogen-bond donors (Lipinski definition) is 3. The van der Waals surface area contributed by atoms with Crippen molar-refractivity contribution < 1.29 is 34.3 Å². The molecule has 0 unspecified atom stereocenters. The van der Waals surface area contributed by atoms with Crippen LogP contribution in [0.2, 0.25) is 0 Å². The third-order valence-corrected chi connectivity index (χ3v) is 4.81. The Bertz CT molecular complexity index is 917. The van der Waals surface area contributed by atoms with E-state index in [-0.39, 0.29) is 6.61 Å². The number of nitrogens with zero attached hydrogens (tertiary/aromatic N) is 2. The second-order valence-electron chi connectivity index (χ2n) is 7.20. The zero-order chi connectivity index (χ0) is 23.6. The van der Waals surface area contributed by atoms with Crippen LogP contribution in [-0.2, 0) is 9.47 Å². The zero-order valence-electron chi connectivity index (χ0n) is 18.1. The molecule has 0 radical (unpaired) electrons. The summed E-state index contributed by atoms with van der Waals surface area (Å²) in [6.07, 6.45) is -2.46. The Morgan fingerprint density at radius 1 is 0.848 bits per heavy atom. The Morgan fingerprint density at radius 2 is 1.42 bits per heavy atom. The SMILES string of the molecule is C=CCOc1ccc(N=Nc2ccc(O[C@H]3O[C@H](CO)[C@@H](O)[C@H](O)[C@@H]3OCC=C)cc2)cc1. The van der Waals surface area contributed by atoms with Gasteiger partial charge in [0.05, 0.1) is 24.6 Å². The van der Waals surface area contributed by atoms with Gasteiger partial charge >= 0.3 is 0 Å². The summed E-state index contributed by atoms with van der Waals surface area (Å²) >= 11 is 0. The highest BCUT2D eigenvalue weighted by molar-refractivity contribution is 5.44. The van der Waals surface area contributed by atoms with Crippen molar-refractivity contribution in [1.82, 2.24) is 0 Å². The Morgan fingerprint density at radius 3 is 1.97 bits per heavy atom. The molecule has 1 fully saturated rings. The van der Waals surface area contributed by atoms with Gasteiger partial charge in [0.2, 0.25) is 6.29 Å². The lowest BCUT2D eigenvalue weighted by Crippen LogP contribution is -2.60. The third kappa shape index (κ3) is 6.70. The first kappa shape index (κ1) is 24.6. The van der Waals surface area contributed by atoms with E-state index in [1.54, 1.807) is 54.6 Å². The van der Waals surface area contributed by atoms with E-state index in [4.69, 9.17) is 18.9 Å². The summed E-state index contributed by atoms with van der Waals surface area (Å²) in [5, 5.41) is 38.3. The summed E-state index contributed by atoms with van der Waals surface area (Å²) in [6.45, 7) is 7.26. The van der Waals surface area contributed by atoms with Gasteiger partial charge in [0.1, 0.15) is 42.5 Å². The Hall–Kier alpha value is -3.08. The number of azo groups is 1. The molecule has 1 aliphatic rings. The molecule has 0 aromatic heterocycles. The minimum Gasteiger partial charge on any atom is -0.490 e. The summed E-state index contributed by atoms with van der Waals surface area (Å²) < 4.78 is 22.4. The number of aliphatic hydroxyl groups is 3. The molecule has 1 saturated heterocycles. The van der Waals surface area contributed by atoms with Crippen LogP contribution in [0.4, 0.5) is 11.4 Å². The minimum atomic E-state index is -1.31. The lowest BCUT2D eigenvalue weighted by atomic mass is 9.99. The van der Waals surface area contributed by atoms with Gasteiger partial charge in [-0.25, -0.2) is 0 Å². The highest BCUT2D eigenvalue weighted by Crippen LogP contribution is 2.28. The van der Waals surface area contributed by atoms with Crippen LogP contribution in [-0.4, -0.2) is 65.8 Å². The van der Waals surface area contributed by atoms with Crippen LogP contribution in [0.25, 0.3) is 0 Å². The van der Waals surface area contributed by atoms with Crippen LogP contribution >= 0.6 is 0 Å². The van der Waals surface area contributed by atoms with Gasteiger partial charge in [-0.05, 0) is 48.5 Å². The molecule has 9 heteroatoms. The first-order chi connectivity index (χ1) is 16.0. The zero-order valence-corrected chi connectivity index (χ0v) is 18.1. The van der Waals surface area contributed by atoms with Gasteiger partial charge in [0.25, 0.3) is 0 Å². The first-order valence-corrected chi connectivity index (χ1v) is 10.4. The summed E-state index contributed by atoms with van der Waals surface area (Å²) in [6, 6.07) is 13.9. The molecule has 33 heavy (non-hydrogen) atoms. The summed E-state index contributed by atoms with van der Waals surface area (Å²) in [5.41, 5.74) is 1.27. The van der Waals surface area contributed by atoms with Gasteiger partial charge in [-0.3, -0.25) is 0 Å². The fraction of sp³-hybridized carbons (Fsp3) is 0.333. The topological polar surface area (TPSA) is 122 Å². The second-order valence-corrected chi connectivity index (χ2v) is 7.20. The maximum absolute atomic E-state index is 10.4. The van der Waals surface area contributed by atoms with Crippen molar-refractivity contribution >= 4 is 11.4 Å². The number of hydrogen-bond acceptors (Lipinski definition) is 9. The van der Waals surface area contributed by atoms with Crippen molar-refractivity contribution in [2.75, 3.05) is 19.8 Å². The Kier molecular flexibility index (Phi) is 9.11. The van der Waals surface area contributed by atoms with E-state index >= 15 is 0 Å². The Labute approximate surface area is 192 Å². The molecular weight excluding hydrogens is 428 g/mol. The molecule has 2 aromatic carbocycles. The molecule has 0 amide bonds. The molecule has 5 atom stereocenters. The standard InChI is InChI=1S/C24H28N2O7/c1-3-13-30-18-9-5-16(6-10-18)25-26-17-7-11-19(12-8-17)32-24-23(31-14-4-2)22(29)21(28)20(15-27)33-24/h3-12,20-24,27-29H,1-2,13-15H2/t20-,21-,22+,23+,24+/m1/s1. The minimum absolute atomic E-state index is 0.127. The van der Waals surface area contributed by atoms with Crippen molar-refractivity contribution in [3.05, 3.63) is 73.8 Å². The Balaban J connectivity index is 1.64. The van der Waals surface area contributed by atoms with E-state index in [1.807, 2.05) is 0 Å². The molecule has 0 spiro atoms. The van der Waals surface area contributed by atoms with Crippen LogP contribution in [0.1, 0.15) is 0 Å². The smallest absolute Gasteiger partial charge is 0.229 e. The molecular formula is C24H28N2O7. The van der Waals surface area contributed by atoms with Gasteiger partial charge in [0.15, 0.2) is 0 Å². The van der Waals surface area contributed by atoms with E-state index in [9.17, 15) is 15.3 Å². The molecule has 3 N–H and O–H groups in total. The van der Waals surface area contributed by atoms with Crippen LogP contribution in [0.3, 0.4) is 0 Å². The quantitative estimate of drug-likeness (QED) is 0.351. The van der Waals surface area contributed by atoms with Crippen LogP contribution in [0.15, 0.2) is 84.1 Å². The molecule has 3 rings (SSSR count). The predicted octanol–water partition coefficient (Wildman–Crippen LogP) is 3.06. The van der Waals surface area contributed by atoms with Crippen LogP contribution in [0.5, 0.6) is 11.5 Å². The molecule has 1 heterocycles. The number of aliphatic hydroxyl groups excluding tert-OH is 3. The fourth-order valence-corrected chi connectivity index (χ4v) is 3.11. The van der Waals surface area contributed by atoms with Gasteiger partial charge in [-0.2, -0.15) is 10.2 Å². The normalized spacial score (nSPS) is 25.0. The summed E-state index contributed by atoms with van der Waals surface area (Å²) in [7, 11) is 0.